The van der Waals surface area contributed by atoms with Crippen molar-refractivity contribution in [2.45, 2.75) is 37.9 Å². The molecule has 0 aromatic carbocycles. The third-order valence-corrected chi connectivity index (χ3v) is 10.2. The van der Waals surface area contributed by atoms with Gasteiger partial charge < -0.3 is 4.57 Å². The van der Waals surface area contributed by atoms with E-state index in [2.05, 4.69) is 30.3 Å². The molecule has 0 amide bonds. The lowest BCUT2D eigenvalue weighted by Crippen LogP contribution is -2.45. The molecule has 2 bridgehead atoms. The van der Waals surface area contributed by atoms with Gasteiger partial charge in [0.1, 0.15) is 8.24 Å². The summed E-state index contributed by atoms with van der Waals surface area (Å²) in [5, 5.41) is 0. The van der Waals surface area contributed by atoms with Crippen molar-refractivity contribution in [2.24, 2.45) is 17.8 Å². The Labute approximate surface area is 94.6 Å². The maximum atomic E-state index is 2.74. The minimum atomic E-state index is -0.993. The topological polar surface area (TPSA) is 3.24 Å². The molecular weight excluding hydrogens is 198 g/mol. The molecule has 0 aromatic heterocycles. The SMILES string of the molecule is CN1CCC[Si]1(C)CC1CC2C=CC1C2. The first kappa shape index (κ1) is 10.1. The Balaban J connectivity index is 1.68. The molecule has 1 nitrogen and oxygen atoms in total. The van der Waals surface area contributed by atoms with Crippen LogP contribution in [0.2, 0.25) is 18.6 Å². The summed E-state index contributed by atoms with van der Waals surface area (Å²) in [7, 11) is 1.38. The fourth-order valence-corrected chi connectivity index (χ4v) is 8.22. The third-order valence-electron chi connectivity index (χ3n) is 5.25. The van der Waals surface area contributed by atoms with E-state index in [1.807, 2.05) is 0 Å². The van der Waals surface area contributed by atoms with Crippen molar-refractivity contribution >= 4 is 8.24 Å². The van der Waals surface area contributed by atoms with Crippen LogP contribution >= 0.6 is 0 Å². The van der Waals surface area contributed by atoms with Gasteiger partial charge in [0.05, 0.1) is 0 Å². The summed E-state index contributed by atoms with van der Waals surface area (Å²) in [5.74, 6) is 2.98. The third kappa shape index (κ3) is 1.62. The van der Waals surface area contributed by atoms with Gasteiger partial charge in [-0.2, -0.15) is 0 Å². The van der Waals surface area contributed by atoms with Gasteiger partial charge in [-0.3, -0.25) is 0 Å². The summed E-state index contributed by atoms with van der Waals surface area (Å²) in [5.41, 5.74) is 0. The highest BCUT2D eigenvalue weighted by atomic mass is 28.3. The first-order valence-electron chi connectivity index (χ1n) is 6.57. The van der Waals surface area contributed by atoms with E-state index >= 15 is 0 Å². The van der Waals surface area contributed by atoms with E-state index in [9.17, 15) is 0 Å². The molecule has 4 atom stereocenters. The van der Waals surface area contributed by atoms with Crippen molar-refractivity contribution in [1.82, 2.24) is 4.57 Å². The monoisotopic (exact) mass is 221 g/mol. The molecule has 0 aromatic rings. The first-order chi connectivity index (χ1) is 7.17. The van der Waals surface area contributed by atoms with Crippen LogP contribution in [0.15, 0.2) is 12.2 Å². The molecule has 4 unspecified atom stereocenters. The number of rotatable bonds is 2. The van der Waals surface area contributed by atoms with Gasteiger partial charge in [0.2, 0.25) is 0 Å². The number of hydrogen-bond donors (Lipinski definition) is 0. The van der Waals surface area contributed by atoms with E-state index in [0.717, 1.165) is 17.8 Å². The Hall–Kier alpha value is -0.0831. The Morgan fingerprint density at radius 3 is 2.73 bits per heavy atom. The van der Waals surface area contributed by atoms with Crippen LogP contribution in [-0.2, 0) is 0 Å². The van der Waals surface area contributed by atoms with Crippen LogP contribution in [0.1, 0.15) is 19.3 Å². The van der Waals surface area contributed by atoms with E-state index in [1.54, 1.807) is 12.1 Å². The van der Waals surface area contributed by atoms with Crippen LogP contribution in [-0.4, -0.2) is 26.4 Å². The van der Waals surface area contributed by atoms with Crippen molar-refractivity contribution < 1.29 is 0 Å². The van der Waals surface area contributed by atoms with Crippen LogP contribution in [0.5, 0.6) is 0 Å². The van der Waals surface area contributed by atoms with Crippen LogP contribution < -0.4 is 0 Å². The second-order valence-electron chi connectivity index (χ2n) is 6.27. The molecule has 1 aliphatic heterocycles. The minimum absolute atomic E-state index is 0.962. The quantitative estimate of drug-likeness (QED) is 0.511. The maximum absolute atomic E-state index is 2.74. The zero-order valence-electron chi connectivity index (χ0n) is 10.1. The van der Waals surface area contributed by atoms with Crippen molar-refractivity contribution in [1.29, 1.82) is 0 Å². The number of nitrogens with zero attached hydrogens (tertiary/aromatic N) is 1. The zero-order valence-corrected chi connectivity index (χ0v) is 11.1. The van der Waals surface area contributed by atoms with Gasteiger partial charge in [0, 0.05) is 0 Å². The number of hydrogen-bond acceptors (Lipinski definition) is 1. The lowest BCUT2D eigenvalue weighted by molar-refractivity contribution is 0.464. The van der Waals surface area contributed by atoms with Crippen LogP contribution in [0.3, 0.4) is 0 Å². The summed E-state index contributed by atoms with van der Waals surface area (Å²) < 4.78 is 2.74. The molecule has 15 heavy (non-hydrogen) atoms. The van der Waals surface area contributed by atoms with Crippen molar-refractivity contribution in [3.8, 4) is 0 Å². The fourth-order valence-electron chi connectivity index (χ4n) is 4.11. The Bertz CT molecular complexity index is 288. The summed E-state index contributed by atoms with van der Waals surface area (Å²) in [4.78, 5) is 0. The van der Waals surface area contributed by atoms with Crippen molar-refractivity contribution in [3.63, 3.8) is 0 Å². The van der Waals surface area contributed by atoms with E-state index in [0.29, 0.717) is 0 Å². The van der Waals surface area contributed by atoms with E-state index in [4.69, 9.17) is 0 Å². The van der Waals surface area contributed by atoms with E-state index in [1.165, 1.54) is 25.8 Å². The Morgan fingerprint density at radius 1 is 1.33 bits per heavy atom. The summed E-state index contributed by atoms with van der Waals surface area (Å²) >= 11 is 0. The minimum Gasteiger partial charge on any atom is -0.326 e. The normalized spacial score (nSPS) is 49.3. The predicted molar refractivity (Wildman–Crippen MR) is 67.3 cm³/mol. The smallest absolute Gasteiger partial charge is 0.125 e. The summed E-state index contributed by atoms with van der Waals surface area (Å²) in [6, 6.07) is 3.14. The number of allylic oxidation sites excluding steroid dienone is 2. The maximum Gasteiger partial charge on any atom is 0.125 e. The fraction of sp³-hybridized carbons (Fsp3) is 0.846. The van der Waals surface area contributed by atoms with Crippen LogP contribution in [0.25, 0.3) is 0 Å². The average Bonchev–Trinajstić information content (AvgIpc) is 2.84. The van der Waals surface area contributed by atoms with Crippen LogP contribution in [0, 0.1) is 17.8 Å². The molecule has 0 spiro atoms. The summed E-state index contributed by atoms with van der Waals surface area (Å²) in [6.07, 6.45) is 9.46. The molecule has 1 saturated heterocycles. The standard InChI is InChI=1S/C13H23NSi/c1-14-6-3-7-15(14,2)10-13-9-11-4-5-12(13)8-11/h4-5,11-13H,3,6-10H2,1-2H3. The second-order valence-corrected chi connectivity index (χ2v) is 10.9. The molecule has 2 fully saturated rings. The Morgan fingerprint density at radius 2 is 2.20 bits per heavy atom. The Kier molecular flexibility index (Phi) is 2.33. The highest BCUT2D eigenvalue weighted by Crippen LogP contribution is 2.48. The highest BCUT2D eigenvalue weighted by Gasteiger charge is 2.43. The van der Waals surface area contributed by atoms with E-state index < -0.39 is 8.24 Å². The lowest BCUT2D eigenvalue weighted by atomic mass is 9.96. The van der Waals surface area contributed by atoms with E-state index in [-0.39, 0.29) is 0 Å². The van der Waals surface area contributed by atoms with Gasteiger partial charge in [-0.15, -0.1) is 0 Å². The predicted octanol–water partition coefficient (Wildman–Crippen LogP) is 3.11. The molecule has 0 radical (unpaired) electrons. The molecule has 84 valence electrons. The molecule has 0 N–H and O–H groups in total. The van der Waals surface area contributed by atoms with Gasteiger partial charge in [-0.25, -0.2) is 0 Å². The molecule has 3 aliphatic rings. The van der Waals surface area contributed by atoms with Gasteiger partial charge in [-0.05, 0) is 62.7 Å². The molecule has 1 heterocycles. The molecule has 2 heteroatoms. The van der Waals surface area contributed by atoms with Gasteiger partial charge in [-0.1, -0.05) is 18.7 Å². The van der Waals surface area contributed by atoms with Crippen molar-refractivity contribution in [3.05, 3.63) is 12.2 Å². The van der Waals surface area contributed by atoms with Gasteiger partial charge in [0.25, 0.3) is 0 Å². The number of fused-ring (bicyclic) bond motifs is 2. The van der Waals surface area contributed by atoms with Crippen LogP contribution in [0.4, 0.5) is 0 Å². The average molecular weight is 221 g/mol. The van der Waals surface area contributed by atoms with Gasteiger partial charge >= 0.3 is 0 Å². The zero-order chi connectivity index (χ0) is 10.5. The first-order valence-corrected chi connectivity index (χ1v) is 9.43. The summed E-state index contributed by atoms with van der Waals surface area (Å²) in [6.45, 7) is 4.00. The highest BCUT2D eigenvalue weighted by molar-refractivity contribution is 6.76. The molecule has 1 saturated carbocycles. The largest absolute Gasteiger partial charge is 0.326 e. The second kappa shape index (κ2) is 3.46. The lowest BCUT2D eigenvalue weighted by Gasteiger charge is -2.34. The molecule has 3 rings (SSSR count). The molecule has 2 aliphatic carbocycles. The molecular formula is C13H23NSi. The van der Waals surface area contributed by atoms with Gasteiger partial charge in [0.15, 0.2) is 0 Å². The van der Waals surface area contributed by atoms with Crippen molar-refractivity contribution in [2.75, 3.05) is 13.6 Å².